The summed E-state index contributed by atoms with van der Waals surface area (Å²) in [6.07, 6.45) is 0.934. The normalized spacial score (nSPS) is 12.2. The minimum absolute atomic E-state index is 0.315. The highest BCUT2D eigenvalue weighted by atomic mass is 79.9. The maximum absolute atomic E-state index is 13.3. The summed E-state index contributed by atoms with van der Waals surface area (Å²) in [5.41, 5.74) is 0.692. The molecule has 1 heterocycles. The highest BCUT2D eigenvalue weighted by Gasteiger charge is 2.06. The average molecular weight is 312 g/mol. The number of aromatic nitrogens is 1. The Kier molecular flexibility index (Phi) is 3.93. The van der Waals surface area contributed by atoms with E-state index < -0.39 is 11.9 Å². The standard InChI is InChI=1S/C13H11BrFNO2/c1-8(17)9-4-5-16-13(6-9)18-10-2-3-11(14)12(15)7-10/h2-8,17H,1H3. The third-order valence-corrected chi connectivity index (χ3v) is 3.00. The Bertz CT molecular complexity index is 560. The van der Waals surface area contributed by atoms with Crippen LogP contribution in [0.4, 0.5) is 4.39 Å². The van der Waals surface area contributed by atoms with Crippen LogP contribution in [0.1, 0.15) is 18.6 Å². The van der Waals surface area contributed by atoms with Crippen molar-refractivity contribution >= 4 is 15.9 Å². The lowest BCUT2D eigenvalue weighted by molar-refractivity contribution is 0.198. The van der Waals surface area contributed by atoms with Crippen LogP contribution in [-0.4, -0.2) is 10.1 Å². The number of benzene rings is 1. The summed E-state index contributed by atoms with van der Waals surface area (Å²) >= 11 is 3.07. The molecule has 0 aliphatic rings. The molecule has 1 unspecified atom stereocenters. The van der Waals surface area contributed by atoms with Crippen molar-refractivity contribution in [2.45, 2.75) is 13.0 Å². The van der Waals surface area contributed by atoms with Gasteiger partial charge >= 0.3 is 0 Å². The molecule has 1 aromatic heterocycles. The third kappa shape index (κ3) is 3.05. The number of hydrogen-bond donors (Lipinski definition) is 1. The Morgan fingerprint density at radius 2 is 2.11 bits per heavy atom. The maximum atomic E-state index is 13.3. The zero-order valence-corrected chi connectivity index (χ0v) is 11.2. The number of hydrogen-bond acceptors (Lipinski definition) is 3. The van der Waals surface area contributed by atoms with Crippen molar-refractivity contribution in [3.05, 3.63) is 52.4 Å². The fourth-order valence-corrected chi connectivity index (χ4v) is 1.65. The van der Waals surface area contributed by atoms with Crippen LogP contribution in [0.3, 0.4) is 0 Å². The molecule has 2 aromatic rings. The lowest BCUT2D eigenvalue weighted by Gasteiger charge is -2.08. The van der Waals surface area contributed by atoms with Gasteiger partial charge in [0, 0.05) is 18.3 Å². The first-order valence-electron chi connectivity index (χ1n) is 5.33. The van der Waals surface area contributed by atoms with Gasteiger partial charge in [-0.2, -0.15) is 0 Å². The largest absolute Gasteiger partial charge is 0.439 e. The van der Waals surface area contributed by atoms with Crippen molar-refractivity contribution in [2.75, 3.05) is 0 Å². The van der Waals surface area contributed by atoms with E-state index in [0.717, 1.165) is 0 Å². The lowest BCUT2D eigenvalue weighted by Crippen LogP contribution is -1.94. The molecule has 0 saturated heterocycles. The van der Waals surface area contributed by atoms with E-state index in [-0.39, 0.29) is 0 Å². The molecular weight excluding hydrogens is 301 g/mol. The van der Waals surface area contributed by atoms with Gasteiger partial charge in [0.15, 0.2) is 0 Å². The molecule has 1 N–H and O–H groups in total. The Labute approximate surface area is 112 Å². The van der Waals surface area contributed by atoms with Crippen LogP contribution in [0.15, 0.2) is 41.0 Å². The quantitative estimate of drug-likeness (QED) is 0.936. The summed E-state index contributed by atoms with van der Waals surface area (Å²) in [5.74, 6) is 0.264. The SMILES string of the molecule is CC(O)c1ccnc(Oc2ccc(Br)c(F)c2)c1. The van der Waals surface area contributed by atoms with Crippen molar-refractivity contribution < 1.29 is 14.2 Å². The van der Waals surface area contributed by atoms with Gasteiger partial charge in [0.1, 0.15) is 11.6 Å². The minimum atomic E-state index is -0.600. The first-order chi connectivity index (χ1) is 8.56. The fourth-order valence-electron chi connectivity index (χ4n) is 1.40. The van der Waals surface area contributed by atoms with Crippen molar-refractivity contribution in [3.8, 4) is 11.6 Å². The number of aliphatic hydroxyl groups excluding tert-OH is 1. The van der Waals surface area contributed by atoms with E-state index in [0.29, 0.717) is 21.7 Å². The fraction of sp³-hybridized carbons (Fsp3) is 0.154. The zero-order chi connectivity index (χ0) is 13.1. The maximum Gasteiger partial charge on any atom is 0.219 e. The highest BCUT2D eigenvalue weighted by molar-refractivity contribution is 9.10. The first-order valence-corrected chi connectivity index (χ1v) is 6.12. The number of aliphatic hydroxyl groups is 1. The summed E-state index contributed by atoms with van der Waals surface area (Å²) in [6, 6.07) is 7.76. The highest BCUT2D eigenvalue weighted by Crippen LogP contribution is 2.25. The molecule has 0 bridgehead atoms. The number of rotatable bonds is 3. The van der Waals surface area contributed by atoms with Crippen LogP contribution in [0.5, 0.6) is 11.6 Å². The van der Waals surface area contributed by atoms with E-state index in [4.69, 9.17) is 4.74 Å². The Morgan fingerprint density at radius 3 is 2.78 bits per heavy atom. The number of nitrogens with zero attached hydrogens (tertiary/aromatic N) is 1. The molecule has 0 fully saturated rings. The van der Waals surface area contributed by atoms with Crippen LogP contribution < -0.4 is 4.74 Å². The van der Waals surface area contributed by atoms with E-state index >= 15 is 0 Å². The monoisotopic (exact) mass is 311 g/mol. The van der Waals surface area contributed by atoms with E-state index in [1.165, 1.54) is 12.3 Å². The van der Waals surface area contributed by atoms with Gasteiger partial charge in [-0.1, -0.05) is 0 Å². The van der Waals surface area contributed by atoms with Gasteiger partial charge in [-0.15, -0.1) is 0 Å². The smallest absolute Gasteiger partial charge is 0.219 e. The summed E-state index contributed by atoms with van der Waals surface area (Å²) in [5, 5.41) is 9.45. The molecule has 0 spiro atoms. The molecule has 18 heavy (non-hydrogen) atoms. The van der Waals surface area contributed by atoms with E-state index in [1.54, 1.807) is 31.2 Å². The molecule has 3 nitrogen and oxygen atoms in total. The van der Waals surface area contributed by atoms with Crippen LogP contribution in [0.2, 0.25) is 0 Å². The number of pyridine rings is 1. The Balaban J connectivity index is 2.23. The Hall–Kier alpha value is -1.46. The number of ether oxygens (including phenoxy) is 1. The van der Waals surface area contributed by atoms with E-state index in [1.807, 2.05) is 0 Å². The van der Waals surface area contributed by atoms with Crippen LogP contribution in [-0.2, 0) is 0 Å². The molecule has 0 saturated carbocycles. The van der Waals surface area contributed by atoms with Crippen molar-refractivity contribution in [1.82, 2.24) is 4.98 Å². The average Bonchev–Trinajstić information content (AvgIpc) is 2.34. The van der Waals surface area contributed by atoms with Gasteiger partial charge in [0.05, 0.1) is 10.6 Å². The number of halogens is 2. The van der Waals surface area contributed by atoms with Crippen molar-refractivity contribution in [3.63, 3.8) is 0 Å². The molecule has 0 amide bonds. The second-order valence-electron chi connectivity index (χ2n) is 3.78. The summed E-state index contributed by atoms with van der Waals surface area (Å²) in [4.78, 5) is 4.00. The minimum Gasteiger partial charge on any atom is -0.439 e. The van der Waals surface area contributed by atoms with Gasteiger partial charge in [0.25, 0.3) is 0 Å². The third-order valence-electron chi connectivity index (χ3n) is 2.35. The second-order valence-corrected chi connectivity index (χ2v) is 4.64. The van der Waals surface area contributed by atoms with Gasteiger partial charge < -0.3 is 9.84 Å². The summed E-state index contributed by atoms with van der Waals surface area (Å²) < 4.78 is 19.1. The molecule has 5 heteroatoms. The molecule has 0 radical (unpaired) electrons. The summed E-state index contributed by atoms with van der Waals surface area (Å²) in [7, 11) is 0. The van der Waals surface area contributed by atoms with Gasteiger partial charge in [0.2, 0.25) is 5.88 Å². The topological polar surface area (TPSA) is 42.4 Å². The molecule has 2 rings (SSSR count). The van der Waals surface area contributed by atoms with Gasteiger partial charge in [-0.25, -0.2) is 9.37 Å². The van der Waals surface area contributed by atoms with Crippen LogP contribution in [0.25, 0.3) is 0 Å². The molecule has 0 aliphatic carbocycles. The van der Waals surface area contributed by atoms with Crippen LogP contribution >= 0.6 is 15.9 Å². The van der Waals surface area contributed by atoms with Gasteiger partial charge in [-0.3, -0.25) is 0 Å². The van der Waals surface area contributed by atoms with Crippen molar-refractivity contribution in [2.24, 2.45) is 0 Å². The molecule has 0 aliphatic heterocycles. The molecular formula is C13H11BrFNO2. The second kappa shape index (κ2) is 5.46. The van der Waals surface area contributed by atoms with Gasteiger partial charge in [-0.05, 0) is 46.6 Å². The summed E-state index contributed by atoms with van der Waals surface area (Å²) in [6.45, 7) is 1.65. The molecule has 1 atom stereocenters. The Morgan fingerprint density at radius 1 is 1.33 bits per heavy atom. The zero-order valence-electron chi connectivity index (χ0n) is 9.60. The molecule has 1 aromatic carbocycles. The van der Waals surface area contributed by atoms with Crippen molar-refractivity contribution in [1.29, 1.82) is 0 Å². The van der Waals surface area contributed by atoms with E-state index in [2.05, 4.69) is 20.9 Å². The lowest BCUT2D eigenvalue weighted by atomic mass is 10.2. The van der Waals surface area contributed by atoms with E-state index in [9.17, 15) is 9.50 Å². The predicted octanol–water partition coefficient (Wildman–Crippen LogP) is 3.83. The predicted molar refractivity (Wildman–Crippen MR) is 69.0 cm³/mol. The molecule has 94 valence electrons. The first kappa shape index (κ1) is 13.0. The van der Waals surface area contributed by atoms with Crippen LogP contribution in [0, 0.1) is 5.82 Å².